The van der Waals surface area contributed by atoms with Crippen LogP contribution in [0.3, 0.4) is 0 Å². The summed E-state index contributed by atoms with van der Waals surface area (Å²) >= 11 is 0. The van der Waals surface area contributed by atoms with Crippen LogP contribution in [0.5, 0.6) is 0 Å². The Labute approximate surface area is 160 Å². The number of nitrogens with zero attached hydrogens (tertiary/aromatic N) is 4. The molecule has 146 valence electrons. The van der Waals surface area contributed by atoms with Crippen LogP contribution >= 0.6 is 0 Å². The molecule has 1 atom stereocenters. The fourth-order valence-corrected chi connectivity index (χ4v) is 3.22. The number of carbonyl (C=O) groups excluding carboxylic acids is 1. The molecule has 2 aromatic rings. The second-order valence-electron chi connectivity index (χ2n) is 7.50. The summed E-state index contributed by atoms with van der Waals surface area (Å²) in [5.41, 5.74) is 1.35. The van der Waals surface area contributed by atoms with Gasteiger partial charge in [-0.1, -0.05) is 25.1 Å². The highest BCUT2D eigenvalue weighted by Gasteiger charge is 2.25. The van der Waals surface area contributed by atoms with Gasteiger partial charge in [0.05, 0.1) is 12.7 Å². The molecule has 0 saturated carbocycles. The van der Waals surface area contributed by atoms with Crippen LogP contribution < -0.4 is 0 Å². The fourth-order valence-electron chi connectivity index (χ4n) is 3.22. The molecule has 0 aliphatic carbocycles. The molecule has 2 aromatic heterocycles. The topological polar surface area (TPSA) is 81.4 Å². The number of pyridine rings is 1. The van der Waals surface area contributed by atoms with Gasteiger partial charge in [-0.25, -0.2) is 4.98 Å². The first-order chi connectivity index (χ1) is 13.0. The molecule has 0 bridgehead atoms. The van der Waals surface area contributed by atoms with Gasteiger partial charge in [0.15, 0.2) is 5.82 Å². The summed E-state index contributed by atoms with van der Waals surface area (Å²) in [6.45, 7) is 8.00. The molecule has 0 spiro atoms. The molecule has 1 aliphatic heterocycles. The largest absolute Gasteiger partial charge is 0.376 e. The molecule has 1 saturated heterocycles. The summed E-state index contributed by atoms with van der Waals surface area (Å²) in [5, 5.41) is 4.00. The number of hydrogen-bond acceptors (Lipinski definition) is 6. The minimum atomic E-state index is -0.0245. The lowest BCUT2D eigenvalue weighted by molar-refractivity contribution is 0.00232. The van der Waals surface area contributed by atoms with Crippen LogP contribution in [0.25, 0.3) is 0 Å². The predicted molar refractivity (Wildman–Crippen MR) is 100 cm³/mol. The molecule has 0 radical (unpaired) electrons. The van der Waals surface area contributed by atoms with Gasteiger partial charge in [-0.15, -0.1) is 0 Å². The van der Waals surface area contributed by atoms with E-state index in [0.717, 1.165) is 31.5 Å². The minimum absolute atomic E-state index is 0.0245. The summed E-state index contributed by atoms with van der Waals surface area (Å²) in [5.74, 6) is 1.82. The van der Waals surface area contributed by atoms with Crippen molar-refractivity contribution in [3.63, 3.8) is 0 Å². The number of amides is 1. The van der Waals surface area contributed by atoms with Gasteiger partial charge in [0, 0.05) is 31.6 Å². The second kappa shape index (κ2) is 9.08. The van der Waals surface area contributed by atoms with E-state index in [1.807, 2.05) is 24.0 Å². The van der Waals surface area contributed by atoms with Crippen LogP contribution in [0, 0.1) is 12.8 Å². The summed E-state index contributed by atoms with van der Waals surface area (Å²) in [6, 6.07) is 5.53. The van der Waals surface area contributed by atoms with Crippen molar-refractivity contribution in [1.82, 2.24) is 20.0 Å². The van der Waals surface area contributed by atoms with Gasteiger partial charge in [-0.2, -0.15) is 4.98 Å². The van der Waals surface area contributed by atoms with E-state index in [4.69, 9.17) is 9.26 Å². The minimum Gasteiger partial charge on any atom is -0.376 e. The number of aryl methyl sites for hydroxylation is 1. The molecule has 1 amide bonds. The van der Waals surface area contributed by atoms with Gasteiger partial charge in [-0.05, 0) is 37.8 Å². The zero-order valence-electron chi connectivity index (χ0n) is 16.4. The second-order valence-corrected chi connectivity index (χ2v) is 7.50. The lowest BCUT2D eigenvalue weighted by Crippen LogP contribution is -2.43. The monoisotopic (exact) mass is 372 g/mol. The van der Waals surface area contributed by atoms with Gasteiger partial charge in [0.1, 0.15) is 5.69 Å². The quantitative estimate of drug-likeness (QED) is 0.743. The maximum Gasteiger partial charge on any atom is 0.272 e. The first-order valence-electron chi connectivity index (χ1n) is 9.67. The van der Waals surface area contributed by atoms with Gasteiger partial charge in [-0.3, -0.25) is 4.79 Å². The Bertz CT molecular complexity index is 759. The van der Waals surface area contributed by atoms with Gasteiger partial charge >= 0.3 is 0 Å². The lowest BCUT2D eigenvalue weighted by atomic mass is 10.1. The van der Waals surface area contributed by atoms with E-state index in [1.165, 1.54) is 0 Å². The van der Waals surface area contributed by atoms with Crippen LogP contribution in [0.1, 0.15) is 54.6 Å². The Hall–Kier alpha value is -2.28. The van der Waals surface area contributed by atoms with E-state index >= 15 is 0 Å². The molecule has 27 heavy (non-hydrogen) atoms. The Morgan fingerprint density at radius 3 is 3.00 bits per heavy atom. The van der Waals surface area contributed by atoms with Gasteiger partial charge in [0.25, 0.3) is 5.91 Å². The lowest BCUT2D eigenvalue weighted by Gasteiger charge is -2.32. The number of likely N-dealkylation sites (tertiary alicyclic amines) is 1. The van der Waals surface area contributed by atoms with Crippen molar-refractivity contribution in [3.8, 4) is 0 Å². The molecule has 1 aliphatic rings. The SMILES string of the molecule is Cc1cccc(C(=O)N2CCCC(OCCc3noc(CC(C)C)n3)C2)n1. The van der Waals surface area contributed by atoms with Crippen molar-refractivity contribution in [1.29, 1.82) is 0 Å². The van der Waals surface area contributed by atoms with Gasteiger partial charge in [0.2, 0.25) is 5.89 Å². The van der Waals surface area contributed by atoms with Crippen LogP contribution in [0.2, 0.25) is 0 Å². The van der Waals surface area contributed by atoms with Crippen molar-refractivity contribution >= 4 is 5.91 Å². The Balaban J connectivity index is 1.47. The van der Waals surface area contributed by atoms with Crippen molar-refractivity contribution in [2.24, 2.45) is 5.92 Å². The Morgan fingerprint density at radius 2 is 2.22 bits per heavy atom. The number of ether oxygens (including phenoxy) is 1. The summed E-state index contributed by atoms with van der Waals surface area (Å²) in [7, 11) is 0. The van der Waals surface area contributed by atoms with Gasteiger partial charge < -0.3 is 14.2 Å². The maximum absolute atomic E-state index is 12.7. The summed E-state index contributed by atoms with van der Waals surface area (Å²) in [6.07, 6.45) is 3.33. The van der Waals surface area contributed by atoms with E-state index in [1.54, 1.807) is 6.07 Å². The molecular formula is C20H28N4O3. The highest BCUT2D eigenvalue weighted by atomic mass is 16.5. The van der Waals surface area contributed by atoms with E-state index in [0.29, 0.717) is 42.9 Å². The first-order valence-corrected chi connectivity index (χ1v) is 9.67. The maximum atomic E-state index is 12.7. The zero-order valence-corrected chi connectivity index (χ0v) is 16.4. The number of hydrogen-bond donors (Lipinski definition) is 0. The normalized spacial score (nSPS) is 17.5. The number of carbonyl (C=O) groups is 1. The molecule has 1 fully saturated rings. The molecule has 0 aromatic carbocycles. The van der Waals surface area contributed by atoms with Crippen LogP contribution in [0.4, 0.5) is 0 Å². The van der Waals surface area contributed by atoms with Crippen molar-refractivity contribution in [2.75, 3.05) is 19.7 Å². The highest BCUT2D eigenvalue weighted by molar-refractivity contribution is 5.92. The molecule has 0 N–H and O–H groups in total. The number of rotatable bonds is 7. The fraction of sp³-hybridized carbons (Fsp3) is 0.600. The molecule has 3 heterocycles. The van der Waals surface area contributed by atoms with Crippen molar-refractivity contribution < 1.29 is 14.1 Å². The van der Waals surface area contributed by atoms with E-state index in [2.05, 4.69) is 29.0 Å². The Morgan fingerprint density at radius 1 is 1.37 bits per heavy atom. The molecule has 7 heteroatoms. The molecule has 1 unspecified atom stereocenters. The summed E-state index contributed by atoms with van der Waals surface area (Å²) in [4.78, 5) is 23.2. The third-order valence-electron chi connectivity index (χ3n) is 4.55. The highest BCUT2D eigenvalue weighted by Crippen LogP contribution is 2.16. The summed E-state index contributed by atoms with van der Waals surface area (Å²) < 4.78 is 11.2. The molecule has 3 rings (SSSR count). The van der Waals surface area contributed by atoms with Crippen LogP contribution in [-0.2, 0) is 17.6 Å². The molecule has 7 nitrogen and oxygen atoms in total. The zero-order chi connectivity index (χ0) is 19.2. The average Bonchev–Trinajstić information content (AvgIpc) is 3.08. The Kier molecular flexibility index (Phi) is 6.55. The smallest absolute Gasteiger partial charge is 0.272 e. The van der Waals surface area contributed by atoms with Crippen molar-refractivity contribution in [2.45, 2.75) is 52.6 Å². The van der Waals surface area contributed by atoms with E-state index in [-0.39, 0.29) is 12.0 Å². The van der Waals surface area contributed by atoms with E-state index in [9.17, 15) is 4.79 Å². The van der Waals surface area contributed by atoms with E-state index < -0.39 is 0 Å². The third-order valence-corrected chi connectivity index (χ3v) is 4.55. The number of aromatic nitrogens is 3. The average molecular weight is 372 g/mol. The third kappa shape index (κ3) is 5.60. The molecular weight excluding hydrogens is 344 g/mol. The predicted octanol–water partition coefficient (Wildman–Crippen LogP) is 2.84. The standard InChI is InChI=1S/C20H28N4O3/c1-14(2)12-19-22-18(23-27-19)9-11-26-16-7-5-10-24(13-16)20(25)17-8-4-6-15(3)21-17/h4,6,8,14,16H,5,7,9-13H2,1-3H3. The first kappa shape index (κ1) is 19.5. The van der Waals surface area contributed by atoms with Crippen LogP contribution in [-0.4, -0.2) is 51.7 Å². The van der Waals surface area contributed by atoms with Crippen molar-refractivity contribution in [3.05, 3.63) is 41.3 Å². The number of piperidine rings is 1. The van der Waals surface area contributed by atoms with Crippen LogP contribution in [0.15, 0.2) is 22.7 Å².